The molecule has 0 spiro atoms. The number of thiol groups is 1. The van der Waals surface area contributed by atoms with Crippen LogP contribution in [-0.4, -0.2) is 0 Å². The molecule has 21 heavy (non-hydrogen) atoms. The van der Waals surface area contributed by atoms with Gasteiger partial charge in [-0.05, 0) is 36.3 Å². The molecule has 1 rings (SSSR count). The molecule has 0 nitrogen and oxygen atoms in total. The molecule has 0 amide bonds. The second-order valence-electron chi connectivity index (χ2n) is 6.84. The summed E-state index contributed by atoms with van der Waals surface area (Å²) in [4.78, 5) is 1.15. The summed E-state index contributed by atoms with van der Waals surface area (Å²) < 4.78 is 0. The normalized spacial score (nSPS) is 14.1. The Hall–Kier alpha value is -0.430. The summed E-state index contributed by atoms with van der Waals surface area (Å²) in [5.74, 6) is 1.62. The first-order chi connectivity index (χ1) is 10.1. The molecule has 0 N–H and O–H groups in total. The Balaban J connectivity index is 2.16. The van der Waals surface area contributed by atoms with Gasteiger partial charge in [-0.3, -0.25) is 0 Å². The second kappa shape index (κ2) is 11.2. The van der Waals surface area contributed by atoms with Gasteiger partial charge in [-0.25, -0.2) is 0 Å². The molecule has 0 radical (unpaired) electrons. The molecule has 0 aromatic heterocycles. The van der Waals surface area contributed by atoms with Crippen molar-refractivity contribution in [3.8, 4) is 0 Å². The predicted molar refractivity (Wildman–Crippen MR) is 98.3 cm³/mol. The van der Waals surface area contributed by atoms with Gasteiger partial charge in [-0.2, -0.15) is 0 Å². The first-order valence-corrected chi connectivity index (χ1v) is 9.35. The minimum atomic E-state index is 0.758. The molecule has 1 heteroatoms. The van der Waals surface area contributed by atoms with Crippen molar-refractivity contribution >= 4 is 12.6 Å². The predicted octanol–water partition coefficient (Wildman–Crippen LogP) is 6.93. The fourth-order valence-corrected chi connectivity index (χ4v) is 3.47. The number of rotatable bonds is 11. The van der Waals surface area contributed by atoms with Crippen molar-refractivity contribution in [3.63, 3.8) is 0 Å². The Bertz CT molecular complexity index is 372. The Morgan fingerprint density at radius 1 is 0.905 bits per heavy atom. The Morgan fingerprint density at radius 3 is 2.29 bits per heavy atom. The van der Waals surface area contributed by atoms with Crippen LogP contribution < -0.4 is 0 Å². The third-order valence-electron chi connectivity index (χ3n) is 4.42. The van der Waals surface area contributed by atoms with Gasteiger partial charge in [0.15, 0.2) is 0 Å². The summed E-state index contributed by atoms with van der Waals surface area (Å²) in [6, 6.07) is 8.52. The van der Waals surface area contributed by atoms with Gasteiger partial charge in [0, 0.05) is 4.90 Å². The zero-order valence-corrected chi connectivity index (χ0v) is 15.2. The van der Waals surface area contributed by atoms with Gasteiger partial charge in [-0.1, -0.05) is 83.9 Å². The fraction of sp³-hybridized carbons (Fsp3) is 0.700. The maximum Gasteiger partial charge on any atom is 0.00721 e. The molecule has 0 aliphatic rings. The van der Waals surface area contributed by atoms with Gasteiger partial charge < -0.3 is 0 Å². The van der Waals surface area contributed by atoms with Crippen LogP contribution in [0.2, 0.25) is 0 Å². The van der Waals surface area contributed by atoms with E-state index in [4.69, 9.17) is 0 Å². The van der Waals surface area contributed by atoms with Gasteiger partial charge in [-0.15, -0.1) is 12.6 Å². The zero-order valence-electron chi connectivity index (χ0n) is 14.3. The monoisotopic (exact) mass is 306 g/mol. The van der Waals surface area contributed by atoms with Crippen molar-refractivity contribution in [2.45, 2.75) is 83.5 Å². The van der Waals surface area contributed by atoms with Crippen LogP contribution >= 0.6 is 12.6 Å². The van der Waals surface area contributed by atoms with Crippen LogP contribution in [0.5, 0.6) is 0 Å². The zero-order chi connectivity index (χ0) is 15.5. The summed E-state index contributed by atoms with van der Waals surface area (Å²) in [6.45, 7) is 7.10. The van der Waals surface area contributed by atoms with Crippen LogP contribution in [0.4, 0.5) is 0 Å². The molecule has 0 bridgehead atoms. The van der Waals surface area contributed by atoms with Gasteiger partial charge in [0.25, 0.3) is 0 Å². The topological polar surface area (TPSA) is 0 Å². The molecule has 0 saturated heterocycles. The molecule has 1 aromatic carbocycles. The summed E-state index contributed by atoms with van der Waals surface area (Å²) in [6.07, 6.45) is 12.4. The van der Waals surface area contributed by atoms with E-state index in [-0.39, 0.29) is 0 Å². The highest BCUT2D eigenvalue weighted by molar-refractivity contribution is 7.80. The Labute approximate surface area is 138 Å². The Kier molecular flexibility index (Phi) is 9.91. The molecule has 0 aliphatic heterocycles. The molecule has 0 heterocycles. The fourth-order valence-electron chi connectivity index (χ4n) is 3.22. The largest absolute Gasteiger partial charge is 0.143 e. The average Bonchev–Trinajstić information content (AvgIpc) is 2.45. The lowest BCUT2D eigenvalue weighted by molar-refractivity contribution is 0.378. The maximum atomic E-state index is 4.56. The maximum absolute atomic E-state index is 4.56. The molecule has 120 valence electrons. The van der Waals surface area contributed by atoms with E-state index in [9.17, 15) is 0 Å². The number of unbranched alkanes of at least 4 members (excludes halogenated alkanes) is 5. The number of hydrogen-bond acceptors (Lipinski definition) is 1. The summed E-state index contributed by atoms with van der Waals surface area (Å²) in [5.41, 5.74) is 1.40. The van der Waals surface area contributed by atoms with Crippen LogP contribution in [0.3, 0.4) is 0 Å². The average molecular weight is 307 g/mol. The summed E-state index contributed by atoms with van der Waals surface area (Å²) >= 11 is 4.56. The van der Waals surface area contributed by atoms with Crippen LogP contribution in [0.15, 0.2) is 29.2 Å². The highest BCUT2D eigenvalue weighted by atomic mass is 32.1. The van der Waals surface area contributed by atoms with Crippen molar-refractivity contribution in [1.29, 1.82) is 0 Å². The SMILES string of the molecule is CCCCCCCCC(C)CC(C)Cc1ccccc1S. The number of hydrogen-bond donors (Lipinski definition) is 1. The van der Waals surface area contributed by atoms with E-state index in [0.29, 0.717) is 0 Å². The molecule has 2 unspecified atom stereocenters. The van der Waals surface area contributed by atoms with Crippen molar-refractivity contribution in [2.75, 3.05) is 0 Å². The van der Waals surface area contributed by atoms with Crippen molar-refractivity contribution in [3.05, 3.63) is 29.8 Å². The lowest BCUT2D eigenvalue weighted by Gasteiger charge is -2.18. The third-order valence-corrected chi connectivity index (χ3v) is 4.85. The molecular weight excluding hydrogens is 272 g/mol. The van der Waals surface area contributed by atoms with Crippen LogP contribution in [-0.2, 0) is 6.42 Å². The van der Waals surface area contributed by atoms with E-state index in [1.165, 1.54) is 63.4 Å². The Morgan fingerprint density at radius 2 is 1.57 bits per heavy atom. The quantitative estimate of drug-likeness (QED) is 0.332. The van der Waals surface area contributed by atoms with Gasteiger partial charge in [0.05, 0.1) is 0 Å². The van der Waals surface area contributed by atoms with E-state index in [0.717, 1.165) is 16.7 Å². The van der Waals surface area contributed by atoms with Gasteiger partial charge in [0.1, 0.15) is 0 Å². The minimum Gasteiger partial charge on any atom is -0.143 e. The summed E-state index contributed by atoms with van der Waals surface area (Å²) in [7, 11) is 0. The van der Waals surface area contributed by atoms with Gasteiger partial charge >= 0.3 is 0 Å². The van der Waals surface area contributed by atoms with E-state index < -0.39 is 0 Å². The van der Waals surface area contributed by atoms with Crippen LogP contribution in [0, 0.1) is 11.8 Å². The third kappa shape index (κ3) is 8.56. The van der Waals surface area contributed by atoms with E-state index in [1.54, 1.807) is 0 Å². The van der Waals surface area contributed by atoms with Crippen molar-refractivity contribution in [1.82, 2.24) is 0 Å². The highest BCUT2D eigenvalue weighted by Crippen LogP contribution is 2.24. The molecule has 2 atom stereocenters. The van der Waals surface area contributed by atoms with Crippen LogP contribution in [0.25, 0.3) is 0 Å². The van der Waals surface area contributed by atoms with Crippen LogP contribution in [0.1, 0.15) is 77.7 Å². The second-order valence-corrected chi connectivity index (χ2v) is 7.32. The van der Waals surface area contributed by atoms with E-state index in [1.807, 2.05) is 0 Å². The van der Waals surface area contributed by atoms with E-state index in [2.05, 4.69) is 57.7 Å². The van der Waals surface area contributed by atoms with Crippen molar-refractivity contribution in [2.24, 2.45) is 11.8 Å². The molecule has 0 fully saturated rings. The number of benzene rings is 1. The summed E-state index contributed by atoms with van der Waals surface area (Å²) in [5, 5.41) is 0. The lowest BCUT2D eigenvalue weighted by atomic mass is 9.89. The molecule has 0 saturated carbocycles. The first kappa shape index (κ1) is 18.6. The molecule has 1 aromatic rings. The lowest BCUT2D eigenvalue weighted by Crippen LogP contribution is -2.07. The minimum absolute atomic E-state index is 0.758. The smallest absolute Gasteiger partial charge is 0.00721 e. The van der Waals surface area contributed by atoms with Gasteiger partial charge in [0.2, 0.25) is 0 Å². The highest BCUT2D eigenvalue weighted by Gasteiger charge is 2.10. The standard InChI is InChI=1S/C20H34S/c1-4-5-6-7-8-9-12-17(2)15-18(3)16-19-13-10-11-14-20(19)21/h10-11,13-14,17-18,21H,4-9,12,15-16H2,1-3H3. The molecule has 0 aliphatic carbocycles. The molecular formula is C20H34S. The van der Waals surface area contributed by atoms with E-state index >= 15 is 0 Å². The van der Waals surface area contributed by atoms with Crippen molar-refractivity contribution < 1.29 is 0 Å². The first-order valence-electron chi connectivity index (χ1n) is 8.90.